The van der Waals surface area contributed by atoms with Gasteiger partial charge in [0.25, 0.3) is 11.5 Å². The topological polar surface area (TPSA) is 90.8 Å². The summed E-state index contributed by atoms with van der Waals surface area (Å²) in [6, 6.07) is 10.4. The number of amides is 1. The van der Waals surface area contributed by atoms with Gasteiger partial charge in [-0.25, -0.2) is 19.2 Å². The zero-order valence-electron chi connectivity index (χ0n) is 23.8. The molecule has 0 spiro atoms. The monoisotopic (exact) mass is 653 g/mol. The lowest BCUT2D eigenvalue weighted by Crippen LogP contribution is -2.46. The van der Waals surface area contributed by atoms with Crippen LogP contribution in [-0.4, -0.2) is 45.7 Å². The summed E-state index contributed by atoms with van der Waals surface area (Å²) >= 11 is 2.93. The Kier molecular flexibility index (Phi) is 7.03. The zero-order valence-corrected chi connectivity index (χ0v) is 25.4. The summed E-state index contributed by atoms with van der Waals surface area (Å²) in [7, 11) is 1.89. The van der Waals surface area contributed by atoms with E-state index in [1.165, 1.54) is 21.6 Å². The average molecular weight is 654 g/mol. The molecule has 0 bridgehead atoms. The standard InChI is InChI=1S/C30H27BrF3N7O2/c1-5-19-10-17(3)41(37-19)29-36-25-14-39(27(42)18-6-8-23(31)22(12-18)30(32,33)34)16(2)11-21(25)28(43)40(29)20-7-9-26-24(13-20)35-15-38(26)4/h6-10,12-13,15-16H,5,11,14H2,1-4H3. The molecule has 43 heavy (non-hydrogen) atoms. The summed E-state index contributed by atoms with van der Waals surface area (Å²) in [5, 5.41) is 4.68. The van der Waals surface area contributed by atoms with Crippen molar-refractivity contribution in [1.82, 2.24) is 33.8 Å². The predicted molar refractivity (Wildman–Crippen MR) is 158 cm³/mol. The van der Waals surface area contributed by atoms with Crippen LogP contribution in [0.5, 0.6) is 0 Å². The van der Waals surface area contributed by atoms with Crippen molar-refractivity contribution < 1.29 is 18.0 Å². The summed E-state index contributed by atoms with van der Waals surface area (Å²) in [6.45, 7) is 5.57. The molecule has 0 saturated heterocycles. The van der Waals surface area contributed by atoms with Gasteiger partial charge in [-0.15, -0.1) is 0 Å². The van der Waals surface area contributed by atoms with Crippen molar-refractivity contribution in [3.05, 3.63) is 97.4 Å². The Morgan fingerprint density at radius 3 is 2.60 bits per heavy atom. The Balaban J connectivity index is 1.49. The highest BCUT2D eigenvalue weighted by Gasteiger charge is 2.36. The summed E-state index contributed by atoms with van der Waals surface area (Å²) in [4.78, 5) is 38.6. The maximum atomic E-state index is 14.2. The number of nitrogens with zero attached hydrogens (tertiary/aromatic N) is 7. The van der Waals surface area contributed by atoms with Gasteiger partial charge >= 0.3 is 6.18 Å². The molecular weight excluding hydrogens is 627 g/mol. The van der Waals surface area contributed by atoms with Gasteiger partial charge in [-0.3, -0.25) is 9.59 Å². The van der Waals surface area contributed by atoms with E-state index in [2.05, 4.69) is 26.0 Å². The number of carbonyl (C=O) groups excluding carboxylic acids is 1. The quantitative estimate of drug-likeness (QED) is 0.254. The summed E-state index contributed by atoms with van der Waals surface area (Å²) < 4.78 is 45.6. The minimum absolute atomic E-state index is 0.0456. The molecule has 2 aromatic carbocycles. The number of fused-ring (bicyclic) bond motifs is 2. The van der Waals surface area contributed by atoms with Crippen LogP contribution >= 0.6 is 15.9 Å². The first-order valence-electron chi connectivity index (χ1n) is 13.7. The SMILES string of the molecule is CCc1cc(C)n(-c2nc3c(c(=O)n2-c2ccc4c(c2)ncn4C)CC(C)N(C(=O)c2ccc(Br)c(C(F)(F)F)c2)C3)n1. The minimum atomic E-state index is -4.63. The third-order valence-electron chi connectivity index (χ3n) is 7.83. The smallest absolute Gasteiger partial charge is 0.334 e. The number of aromatic nitrogens is 6. The minimum Gasteiger partial charge on any atom is -0.334 e. The molecule has 6 rings (SSSR count). The van der Waals surface area contributed by atoms with Gasteiger partial charge < -0.3 is 9.47 Å². The molecule has 1 unspecified atom stereocenters. The second-order valence-electron chi connectivity index (χ2n) is 10.7. The van der Waals surface area contributed by atoms with E-state index in [1.807, 2.05) is 49.7 Å². The fourth-order valence-corrected chi connectivity index (χ4v) is 5.98. The molecule has 0 fully saturated rings. The van der Waals surface area contributed by atoms with Crippen molar-refractivity contribution in [2.75, 3.05) is 0 Å². The number of rotatable bonds is 4. The fraction of sp³-hybridized carbons (Fsp3) is 0.300. The van der Waals surface area contributed by atoms with Crippen molar-refractivity contribution in [2.45, 2.75) is 52.4 Å². The maximum absolute atomic E-state index is 14.2. The predicted octanol–water partition coefficient (Wildman–Crippen LogP) is 5.54. The fourth-order valence-electron chi connectivity index (χ4n) is 5.51. The van der Waals surface area contributed by atoms with E-state index in [-0.39, 0.29) is 34.5 Å². The van der Waals surface area contributed by atoms with Gasteiger partial charge in [0.2, 0.25) is 5.95 Å². The van der Waals surface area contributed by atoms with Crippen LogP contribution in [0.25, 0.3) is 22.7 Å². The van der Waals surface area contributed by atoms with Crippen LogP contribution < -0.4 is 5.56 Å². The largest absolute Gasteiger partial charge is 0.417 e. The summed E-state index contributed by atoms with van der Waals surface area (Å²) in [5.41, 5.74) is 3.24. The van der Waals surface area contributed by atoms with E-state index in [9.17, 15) is 22.8 Å². The highest BCUT2D eigenvalue weighted by Crippen LogP contribution is 2.36. The Morgan fingerprint density at radius 2 is 1.91 bits per heavy atom. The molecule has 9 nitrogen and oxygen atoms in total. The lowest BCUT2D eigenvalue weighted by atomic mass is 9.98. The van der Waals surface area contributed by atoms with E-state index in [0.717, 1.165) is 23.0 Å². The number of hydrogen-bond donors (Lipinski definition) is 0. The molecule has 0 N–H and O–H groups in total. The first-order valence-corrected chi connectivity index (χ1v) is 14.5. The van der Waals surface area contributed by atoms with Crippen LogP contribution in [-0.2, 0) is 32.6 Å². The average Bonchev–Trinajstić information content (AvgIpc) is 3.53. The molecule has 0 saturated carbocycles. The number of aryl methyl sites for hydroxylation is 3. The van der Waals surface area contributed by atoms with Gasteiger partial charge in [0.05, 0.1) is 46.5 Å². The molecule has 5 aromatic rings. The number of halogens is 4. The van der Waals surface area contributed by atoms with Crippen molar-refractivity contribution >= 4 is 32.9 Å². The van der Waals surface area contributed by atoms with E-state index >= 15 is 0 Å². The Bertz CT molecular complexity index is 1980. The van der Waals surface area contributed by atoms with Gasteiger partial charge in [0.15, 0.2) is 0 Å². The molecule has 4 heterocycles. The summed E-state index contributed by atoms with van der Waals surface area (Å²) in [6.07, 6.45) is -2.07. The molecule has 3 aromatic heterocycles. The third kappa shape index (κ3) is 4.94. The second kappa shape index (κ2) is 10.5. The number of hydrogen-bond acceptors (Lipinski definition) is 5. The van der Waals surface area contributed by atoms with Gasteiger partial charge in [-0.2, -0.15) is 18.3 Å². The molecule has 13 heteroatoms. The van der Waals surface area contributed by atoms with Crippen molar-refractivity contribution in [3.8, 4) is 11.6 Å². The first kappa shape index (κ1) is 28.8. The number of alkyl halides is 3. The molecule has 0 radical (unpaired) electrons. The van der Waals surface area contributed by atoms with Crippen molar-refractivity contribution in [2.24, 2.45) is 7.05 Å². The zero-order chi connectivity index (χ0) is 30.8. The summed E-state index contributed by atoms with van der Waals surface area (Å²) in [5.74, 6) is -0.325. The van der Waals surface area contributed by atoms with Crippen LogP contribution in [0.2, 0.25) is 0 Å². The van der Waals surface area contributed by atoms with E-state index in [1.54, 1.807) is 17.9 Å². The Morgan fingerprint density at radius 1 is 1.14 bits per heavy atom. The van der Waals surface area contributed by atoms with Crippen LogP contribution in [0.15, 0.2) is 58.1 Å². The molecule has 1 aliphatic heterocycles. The van der Waals surface area contributed by atoms with Crippen LogP contribution in [0, 0.1) is 6.92 Å². The van der Waals surface area contributed by atoms with Crippen molar-refractivity contribution in [1.29, 1.82) is 0 Å². The van der Waals surface area contributed by atoms with Crippen LogP contribution in [0.3, 0.4) is 0 Å². The van der Waals surface area contributed by atoms with Gasteiger partial charge in [-0.1, -0.05) is 22.9 Å². The van der Waals surface area contributed by atoms with Crippen LogP contribution in [0.4, 0.5) is 13.2 Å². The molecule has 0 aliphatic carbocycles. The Hall–Kier alpha value is -4.26. The first-order chi connectivity index (χ1) is 20.4. The second-order valence-corrected chi connectivity index (χ2v) is 11.6. The van der Waals surface area contributed by atoms with Gasteiger partial charge in [-0.05, 0) is 69.2 Å². The highest BCUT2D eigenvalue weighted by molar-refractivity contribution is 9.10. The van der Waals surface area contributed by atoms with Gasteiger partial charge in [0.1, 0.15) is 0 Å². The molecule has 1 atom stereocenters. The third-order valence-corrected chi connectivity index (χ3v) is 8.52. The molecule has 222 valence electrons. The normalized spacial score (nSPS) is 15.3. The van der Waals surface area contributed by atoms with E-state index < -0.39 is 23.7 Å². The molecular formula is C30H27BrF3N7O2. The number of carbonyl (C=O) groups is 1. The van der Waals surface area contributed by atoms with Gasteiger partial charge in [0, 0.05) is 34.4 Å². The van der Waals surface area contributed by atoms with Crippen molar-refractivity contribution in [3.63, 3.8) is 0 Å². The lowest BCUT2D eigenvalue weighted by Gasteiger charge is -2.34. The Labute approximate surface area is 252 Å². The molecule has 1 aliphatic rings. The van der Waals surface area contributed by atoms with Crippen LogP contribution in [0.1, 0.15) is 52.4 Å². The van der Waals surface area contributed by atoms with E-state index in [4.69, 9.17) is 4.98 Å². The number of imidazole rings is 1. The molecule has 1 amide bonds. The number of benzene rings is 2. The van der Waals surface area contributed by atoms with E-state index in [0.29, 0.717) is 28.9 Å². The highest BCUT2D eigenvalue weighted by atomic mass is 79.9. The lowest BCUT2D eigenvalue weighted by molar-refractivity contribution is -0.138. The maximum Gasteiger partial charge on any atom is 0.417 e.